The Morgan fingerprint density at radius 2 is 1.93 bits per heavy atom. The van der Waals surface area contributed by atoms with Crippen LogP contribution in [0.1, 0.15) is 42.8 Å². The molecule has 2 aliphatic rings. The van der Waals surface area contributed by atoms with Crippen molar-refractivity contribution in [2.45, 2.75) is 37.2 Å². The Balaban J connectivity index is 1.33. The van der Waals surface area contributed by atoms with E-state index in [1.165, 1.54) is 29.9 Å². The zero-order valence-corrected chi connectivity index (χ0v) is 18.2. The minimum atomic E-state index is -0.192. The average Bonchev–Trinajstić information content (AvgIpc) is 2.73. The number of ether oxygens (including phenoxy) is 1. The highest BCUT2D eigenvalue weighted by atomic mass is 32.2. The number of benzene rings is 1. The van der Waals surface area contributed by atoms with Gasteiger partial charge in [-0.05, 0) is 54.4 Å². The van der Waals surface area contributed by atoms with E-state index >= 15 is 0 Å². The highest BCUT2D eigenvalue weighted by Gasteiger charge is 2.20. The minimum absolute atomic E-state index is 0.0266. The normalized spacial score (nSPS) is 20.6. The molecule has 2 aliphatic heterocycles. The van der Waals surface area contributed by atoms with Gasteiger partial charge in [-0.3, -0.25) is 9.59 Å². The molecular weight excluding hydrogens is 392 g/mol. The topological polar surface area (TPSA) is 58.6 Å². The van der Waals surface area contributed by atoms with E-state index in [4.69, 9.17) is 4.74 Å². The van der Waals surface area contributed by atoms with Crippen LogP contribution in [-0.2, 0) is 9.59 Å². The molecule has 3 rings (SSSR count). The third kappa shape index (κ3) is 6.62. The molecule has 7 heteroatoms. The molecule has 2 amide bonds. The summed E-state index contributed by atoms with van der Waals surface area (Å²) in [6.45, 7) is 4.19. The van der Waals surface area contributed by atoms with Crippen LogP contribution in [0.5, 0.6) is 5.75 Å². The number of thioether (sulfide) groups is 2. The molecule has 0 spiro atoms. The van der Waals surface area contributed by atoms with E-state index in [1.807, 2.05) is 40.6 Å². The molecule has 0 aliphatic carbocycles. The number of carbonyl (C=O) groups is 2. The van der Waals surface area contributed by atoms with Gasteiger partial charge in [0, 0.05) is 26.1 Å². The van der Waals surface area contributed by atoms with Crippen LogP contribution < -0.4 is 10.1 Å². The Morgan fingerprint density at radius 3 is 2.64 bits per heavy atom. The van der Waals surface area contributed by atoms with Crippen molar-refractivity contribution in [3.05, 3.63) is 29.8 Å². The lowest BCUT2D eigenvalue weighted by molar-refractivity contribution is -0.132. The third-order valence-corrected chi connectivity index (χ3v) is 8.04. The summed E-state index contributed by atoms with van der Waals surface area (Å²) in [5.74, 6) is 3.64. The van der Waals surface area contributed by atoms with E-state index in [0.29, 0.717) is 29.2 Å². The summed E-state index contributed by atoms with van der Waals surface area (Å²) in [6.07, 6.45) is 3.90. The minimum Gasteiger partial charge on any atom is -0.484 e. The van der Waals surface area contributed by atoms with Crippen molar-refractivity contribution < 1.29 is 14.3 Å². The van der Waals surface area contributed by atoms with Crippen LogP contribution in [-0.4, -0.2) is 54.5 Å². The second-order valence-electron chi connectivity index (χ2n) is 7.47. The highest BCUT2D eigenvalue weighted by molar-refractivity contribution is 8.16. The summed E-state index contributed by atoms with van der Waals surface area (Å²) in [5.41, 5.74) is 1.30. The second kappa shape index (κ2) is 11.0. The average molecular weight is 423 g/mol. The van der Waals surface area contributed by atoms with E-state index in [1.54, 1.807) is 0 Å². The molecule has 2 fully saturated rings. The Morgan fingerprint density at radius 1 is 1.18 bits per heavy atom. The second-order valence-corrected chi connectivity index (χ2v) is 10.2. The van der Waals surface area contributed by atoms with Gasteiger partial charge in [-0.25, -0.2) is 0 Å². The first kappa shape index (κ1) is 21.4. The lowest BCUT2D eigenvalue weighted by Gasteiger charge is -2.31. The predicted molar refractivity (Wildman–Crippen MR) is 117 cm³/mol. The van der Waals surface area contributed by atoms with Crippen molar-refractivity contribution in [1.82, 2.24) is 10.2 Å². The van der Waals surface area contributed by atoms with Gasteiger partial charge in [0.15, 0.2) is 6.61 Å². The van der Waals surface area contributed by atoms with Crippen molar-refractivity contribution in [1.29, 1.82) is 0 Å². The number of nitrogens with zero attached hydrogens (tertiary/aromatic N) is 1. The van der Waals surface area contributed by atoms with Gasteiger partial charge in [0.25, 0.3) is 5.91 Å². The fraction of sp³-hybridized carbons (Fsp3) is 0.619. The van der Waals surface area contributed by atoms with Crippen LogP contribution in [0.25, 0.3) is 0 Å². The van der Waals surface area contributed by atoms with Gasteiger partial charge in [-0.15, -0.1) is 23.5 Å². The molecule has 0 bridgehead atoms. The van der Waals surface area contributed by atoms with Crippen molar-refractivity contribution in [2.24, 2.45) is 5.92 Å². The zero-order valence-electron chi connectivity index (χ0n) is 16.5. The van der Waals surface area contributed by atoms with Crippen LogP contribution >= 0.6 is 23.5 Å². The van der Waals surface area contributed by atoms with Crippen LogP contribution in [0.2, 0.25) is 0 Å². The first-order chi connectivity index (χ1) is 13.6. The summed E-state index contributed by atoms with van der Waals surface area (Å²) in [5, 5.41) is 2.78. The lowest BCUT2D eigenvalue weighted by Crippen LogP contribution is -2.41. The maximum absolute atomic E-state index is 12.2. The molecule has 2 saturated heterocycles. The van der Waals surface area contributed by atoms with Gasteiger partial charge >= 0.3 is 0 Å². The lowest BCUT2D eigenvalue weighted by atomic mass is 10.00. The number of nitrogens with one attached hydrogen (secondary N) is 1. The fourth-order valence-corrected chi connectivity index (χ4v) is 6.38. The highest BCUT2D eigenvalue weighted by Crippen LogP contribution is 2.43. The van der Waals surface area contributed by atoms with Crippen LogP contribution in [0.4, 0.5) is 0 Å². The molecule has 1 N–H and O–H groups in total. The van der Waals surface area contributed by atoms with Crippen molar-refractivity contribution in [3.63, 3.8) is 0 Å². The summed E-state index contributed by atoms with van der Waals surface area (Å²) in [7, 11) is 0. The first-order valence-corrected chi connectivity index (χ1v) is 12.2. The van der Waals surface area contributed by atoms with Gasteiger partial charge < -0.3 is 15.0 Å². The molecule has 0 radical (unpaired) electrons. The number of hydrogen-bond donors (Lipinski definition) is 1. The van der Waals surface area contributed by atoms with Gasteiger partial charge in [-0.2, -0.15) is 0 Å². The maximum Gasteiger partial charge on any atom is 0.257 e. The molecule has 0 saturated carbocycles. The molecule has 5 nitrogen and oxygen atoms in total. The van der Waals surface area contributed by atoms with Crippen LogP contribution in [0.3, 0.4) is 0 Å². The number of amides is 2. The number of carbonyl (C=O) groups excluding carboxylic acids is 2. The zero-order chi connectivity index (χ0) is 19.8. The molecule has 154 valence electrons. The van der Waals surface area contributed by atoms with E-state index in [0.717, 1.165) is 19.5 Å². The molecule has 1 aromatic carbocycles. The smallest absolute Gasteiger partial charge is 0.257 e. The summed E-state index contributed by atoms with van der Waals surface area (Å²) in [6, 6.07) is 8.03. The van der Waals surface area contributed by atoms with E-state index in [-0.39, 0.29) is 18.4 Å². The maximum atomic E-state index is 12.2. The van der Waals surface area contributed by atoms with Gasteiger partial charge in [0.1, 0.15) is 5.75 Å². The SMILES string of the molecule is CC1CCCN(C(=O)CCNC(=O)COc2ccc(C3SCCCS3)cc2)C1. The summed E-state index contributed by atoms with van der Waals surface area (Å²) < 4.78 is 6.08. The Bertz CT molecular complexity index is 648. The van der Waals surface area contributed by atoms with Crippen molar-refractivity contribution >= 4 is 35.3 Å². The largest absolute Gasteiger partial charge is 0.484 e. The summed E-state index contributed by atoms with van der Waals surface area (Å²) >= 11 is 3.98. The van der Waals surface area contributed by atoms with Gasteiger partial charge in [-0.1, -0.05) is 19.1 Å². The number of rotatable bonds is 7. The molecule has 1 aromatic rings. The molecule has 1 atom stereocenters. The molecule has 1 unspecified atom stereocenters. The van der Waals surface area contributed by atoms with Crippen molar-refractivity contribution in [2.75, 3.05) is 37.7 Å². The van der Waals surface area contributed by atoms with Crippen LogP contribution in [0.15, 0.2) is 24.3 Å². The number of likely N-dealkylation sites (tertiary alicyclic amines) is 1. The predicted octanol–water partition coefficient (Wildman–Crippen LogP) is 3.70. The molecule has 28 heavy (non-hydrogen) atoms. The van der Waals surface area contributed by atoms with Crippen molar-refractivity contribution in [3.8, 4) is 5.75 Å². The number of piperidine rings is 1. The van der Waals surface area contributed by atoms with Gasteiger partial charge in [0.2, 0.25) is 5.91 Å². The fourth-order valence-electron chi connectivity index (χ4n) is 3.48. The molecular formula is C21H30N2O3S2. The van der Waals surface area contributed by atoms with E-state index < -0.39 is 0 Å². The standard InChI is InChI=1S/C21H30N2O3S2/c1-16-4-2-11-23(14-16)20(25)9-10-22-19(24)15-26-18-7-5-17(6-8-18)21-27-12-3-13-28-21/h5-8,16,21H,2-4,9-15H2,1H3,(H,22,24). The van der Waals surface area contributed by atoms with Crippen LogP contribution in [0, 0.1) is 5.92 Å². The summed E-state index contributed by atoms with van der Waals surface area (Å²) in [4.78, 5) is 26.1. The quantitative estimate of drug-likeness (QED) is 0.726. The number of hydrogen-bond acceptors (Lipinski definition) is 5. The third-order valence-electron chi connectivity index (χ3n) is 5.02. The van der Waals surface area contributed by atoms with E-state index in [2.05, 4.69) is 24.4 Å². The van der Waals surface area contributed by atoms with E-state index in [9.17, 15) is 9.59 Å². The molecule has 2 heterocycles. The molecule has 0 aromatic heterocycles. The van der Waals surface area contributed by atoms with Gasteiger partial charge in [0.05, 0.1) is 4.58 Å². The monoisotopic (exact) mass is 422 g/mol. The Labute approximate surface area is 176 Å². The Kier molecular flexibility index (Phi) is 8.40. The Hall–Kier alpha value is -1.34. The first-order valence-electron chi connectivity index (χ1n) is 10.1.